The van der Waals surface area contributed by atoms with Crippen molar-refractivity contribution in [2.75, 3.05) is 0 Å². The van der Waals surface area contributed by atoms with Crippen molar-refractivity contribution in [1.29, 1.82) is 0 Å². The second-order valence-electron chi connectivity index (χ2n) is 11.6. The molecule has 0 aliphatic rings. The SMILES string of the molecule is CCCCCCCCCc1ccc(OP(=O)(Oc2ccc(CCCCCCCCC)cc2)Oc2ccc(C(=O)[O-])cc2)cc1.[Na+]. The molecule has 0 aliphatic heterocycles. The zero-order valence-electron chi connectivity index (χ0n) is 27.6. The number of rotatable bonds is 23. The third-order valence-electron chi connectivity index (χ3n) is 7.73. The molecule has 8 heteroatoms. The van der Waals surface area contributed by atoms with Crippen LogP contribution in [0.2, 0.25) is 0 Å². The minimum atomic E-state index is -4.20. The first-order chi connectivity index (χ1) is 21.4. The molecule has 3 rings (SSSR count). The average molecular weight is 645 g/mol. The minimum Gasteiger partial charge on any atom is -0.545 e. The van der Waals surface area contributed by atoms with E-state index in [1.165, 1.54) is 112 Å². The summed E-state index contributed by atoms with van der Waals surface area (Å²) in [4.78, 5) is 11.2. The molecule has 0 aliphatic carbocycles. The van der Waals surface area contributed by atoms with E-state index in [1.54, 1.807) is 24.3 Å². The van der Waals surface area contributed by atoms with Crippen molar-refractivity contribution < 1.29 is 57.6 Å². The fourth-order valence-corrected chi connectivity index (χ4v) is 6.35. The normalized spacial score (nSPS) is 11.1. The number of carboxylic acids is 1. The van der Waals surface area contributed by atoms with Crippen LogP contribution in [0.3, 0.4) is 0 Å². The van der Waals surface area contributed by atoms with Gasteiger partial charge >= 0.3 is 37.4 Å². The molecule has 0 N–H and O–H groups in total. The molecule has 0 unspecified atom stereocenters. The molecule has 0 aromatic heterocycles. The van der Waals surface area contributed by atoms with Crippen molar-refractivity contribution in [2.45, 2.75) is 117 Å². The van der Waals surface area contributed by atoms with Gasteiger partial charge in [-0.2, -0.15) is 4.57 Å². The molecule has 0 heterocycles. The van der Waals surface area contributed by atoms with Crippen LogP contribution >= 0.6 is 7.82 Å². The Morgan fingerprint density at radius 2 is 0.844 bits per heavy atom. The second-order valence-corrected chi connectivity index (χ2v) is 13.0. The zero-order valence-corrected chi connectivity index (χ0v) is 30.5. The van der Waals surface area contributed by atoms with Crippen LogP contribution in [0.4, 0.5) is 0 Å². The quantitative estimate of drug-likeness (QED) is 0.0613. The first kappa shape index (κ1) is 38.9. The number of carbonyl (C=O) groups excluding carboxylic acids is 1. The van der Waals surface area contributed by atoms with Gasteiger partial charge in [-0.15, -0.1) is 0 Å². The van der Waals surface area contributed by atoms with Gasteiger partial charge in [0.05, 0.1) is 5.97 Å². The van der Waals surface area contributed by atoms with E-state index in [2.05, 4.69) is 13.8 Å². The first-order valence-corrected chi connectivity index (χ1v) is 18.0. The summed E-state index contributed by atoms with van der Waals surface area (Å²) in [5.41, 5.74) is 2.37. The molecule has 0 saturated heterocycles. The first-order valence-electron chi connectivity index (χ1n) is 16.6. The minimum absolute atomic E-state index is 0. The number of unbranched alkanes of at least 4 members (excludes halogenated alkanes) is 12. The smallest absolute Gasteiger partial charge is 0.545 e. The van der Waals surface area contributed by atoms with Crippen LogP contribution in [-0.4, -0.2) is 5.97 Å². The Labute approximate surface area is 293 Å². The van der Waals surface area contributed by atoms with E-state index in [4.69, 9.17) is 13.6 Å². The summed E-state index contributed by atoms with van der Waals surface area (Å²) in [7, 11) is -4.20. The largest absolute Gasteiger partial charge is 1.00 e. The molecular weight excluding hydrogens is 594 g/mol. The molecule has 0 bridgehead atoms. The fraction of sp³-hybridized carbons (Fsp3) is 0.486. The van der Waals surface area contributed by atoms with Gasteiger partial charge in [0, 0.05) is 0 Å². The van der Waals surface area contributed by atoms with Gasteiger partial charge in [-0.25, -0.2) is 0 Å². The Bertz CT molecular complexity index is 1190. The summed E-state index contributed by atoms with van der Waals surface area (Å²) in [6.07, 6.45) is 19.6. The standard InChI is InChI=1S/C37H51O6P.Na/c1-3-5-7-9-11-13-15-17-31-19-25-34(26-20-31)41-44(40,43-36-29-23-33(24-30-36)37(38)39)42-35-27-21-32(22-28-35)18-16-14-12-10-8-6-4-2;/h19-30H,3-18H2,1-2H3,(H,38,39);/q;+1/p-1. The Kier molecular flexibility index (Phi) is 19.3. The molecule has 240 valence electrons. The molecule has 45 heavy (non-hydrogen) atoms. The number of benzene rings is 3. The van der Waals surface area contributed by atoms with Crippen LogP contribution in [0.1, 0.15) is 125 Å². The summed E-state index contributed by atoms with van der Waals surface area (Å²) in [5.74, 6) is -0.429. The maximum atomic E-state index is 14.0. The molecular formula is C37H50NaO6P. The van der Waals surface area contributed by atoms with E-state index in [9.17, 15) is 14.5 Å². The number of carbonyl (C=O) groups is 1. The number of hydrogen-bond donors (Lipinski definition) is 0. The second kappa shape index (κ2) is 22.3. The molecule has 0 saturated carbocycles. The number of phosphoric acid groups is 1. The molecule has 6 nitrogen and oxygen atoms in total. The number of hydrogen-bond acceptors (Lipinski definition) is 6. The number of aryl methyl sites for hydroxylation is 2. The Balaban J connectivity index is 0.00000705. The fourth-order valence-electron chi connectivity index (χ4n) is 5.10. The van der Waals surface area contributed by atoms with Crippen molar-refractivity contribution in [2.24, 2.45) is 0 Å². The van der Waals surface area contributed by atoms with Crippen LogP contribution < -0.4 is 48.2 Å². The Morgan fingerprint density at radius 1 is 0.533 bits per heavy atom. The summed E-state index contributed by atoms with van der Waals surface area (Å²) in [6.45, 7) is 4.47. The predicted octanol–water partition coefficient (Wildman–Crippen LogP) is 7.29. The van der Waals surface area contributed by atoms with Crippen LogP contribution in [0.15, 0.2) is 72.8 Å². The van der Waals surface area contributed by atoms with Crippen LogP contribution in [-0.2, 0) is 17.4 Å². The molecule has 0 amide bonds. The molecule has 0 atom stereocenters. The summed E-state index contributed by atoms with van der Waals surface area (Å²) in [5, 5.41) is 11.2. The van der Waals surface area contributed by atoms with Gasteiger partial charge in [0.15, 0.2) is 0 Å². The van der Waals surface area contributed by atoms with E-state index in [-0.39, 0.29) is 40.9 Å². The Morgan fingerprint density at radius 3 is 1.18 bits per heavy atom. The average Bonchev–Trinajstić information content (AvgIpc) is 3.02. The van der Waals surface area contributed by atoms with Crippen LogP contribution in [0.5, 0.6) is 17.2 Å². The van der Waals surface area contributed by atoms with Crippen LogP contribution in [0, 0.1) is 0 Å². The van der Waals surface area contributed by atoms with Crippen molar-refractivity contribution in [3.63, 3.8) is 0 Å². The van der Waals surface area contributed by atoms with Gasteiger partial charge < -0.3 is 23.5 Å². The zero-order chi connectivity index (χ0) is 31.5. The summed E-state index contributed by atoms with van der Waals surface area (Å²) < 4.78 is 31.4. The predicted molar refractivity (Wildman–Crippen MR) is 177 cm³/mol. The van der Waals surface area contributed by atoms with Crippen LogP contribution in [0.25, 0.3) is 0 Å². The van der Waals surface area contributed by atoms with E-state index in [0.29, 0.717) is 11.5 Å². The number of aromatic carboxylic acids is 1. The molecule has 0 radical (unpaired) electrons. The van der Waals surface area contributed by atoms with E-state index in [0.717, 1.165) is 25.7 Å². The maximum absolute atomic E-state index is 14.0. The monoisotopic (exact) mass is 644 g/mol. The van der Waals surface area contributed by atoms with Gasteiger partial charge in [-0.05, 0) is 90.9 Å². The van der Waals surface area contributed by atoms with Gasteiger partial charge in [-0.1, -0.05) is 115 Å². The van der Waals surface area contributed by atoms with Crippen molar-refractivity contribution in [3.8, 4) is 17.2 Å². The van der Waals surface area contributed by atoms with E-state index in [1.807, 2.05) is 24.3 Å². The molecule has 3 aromatic rings. The summed E-state index contributed by atoms with van der Waals surface area (Å²) >= 11 is 0. The topological polar surface area (TPSA) is 84.9 Å². The maximum Gasteiger partial charge on any atom is 1.00 e. The third kappa shape index (κ3) is 15.7. The number of carboxylic acid groups (broad SMARTS) is 1. The third-order valence-corrected chi connectivity index (χ3v) is 9.03. The van der Waals surface area contributed by atoms with E-state index >= 15 is 0 Å². The molecule has 0 fully saturated rings. The molecule has 0 spiro atoms. The van der Waals surface area contributed by atoms with Gasteiger partial charge in [0.25, 0.3) is 0 Å². The number of phosphoric ester groups is 1. The molecule has 3 aromatic carbocycles. The van der Waals surface area contributed by atoms with Crippen molar-refractivity contribution in [1.82, 2.24) is 0 Å². The van der Waals surface area contributed by atoms with Gasteiger partial charge in [0.1, 0.15) is 17.2 Å². The van der Waals surface area contributed by atoms with Gasteiger partial charge in [0.2, 0.25) is 0 Å². The van der Waals surface area contributed by atoms with Crippen molar-refractivity contribution >= 4 is 13.8 Å². The Hall–Kier alpha value is -2.24. The van der Waals surface area contributed by atoms with E-state index < -0.39 is 13.8 Å². The summed E-state index contributed by atoms with van der Waals surface area (Å²) in [6, 6.07) is 20.5. The van der Waals surface area contributed by atoms with Crippen molar-refractivity contribution in [3.05, 3.63) is 89.5 Å². The van der Waals surface area contributed by atoms with Gasteiger partial charge in [-0.3, -0.25) is 0 Å².